The Kier molecular flexibility index (Phi) is 9.00. The summed E-state index contributed by atoms with van der Waals surface area (Å²) in [5, 5.41) is 6.03. The van der Waals surface area contributed by atoms with E-state index in [1.165, 1.54) is 5.56 Å². The van der Waals surface area contributed by atoms with E-state index in [0.29, 0.717) is 17.5 Å². The molecule has 2 rings (SSSR count). The minimum absolute atomic E-state index is 0.113. The Balaban J connectivity index is 1.85. The van der Waals surface area contributed by atoms with Crippen molar-refractivity contribution in [3.63, 3.8) is 0 Å². The Bertz CT molecular complexity index is 867. The second-order valence-electron chi connectivity index (χ2n) is 6.86. The van der Waals surface area contributed by atoms with Crippen molar-refractivity contribution < 1.29 is 14.3 Å². The third-order valence-corrected chi connectivity index (χ3v) is 4.78. The third kappa shape index (κ3) is 6.69. The zero-order chi connectivity index (χ0) is 21.9. The molecule has 0 aromatic heterocycles. The van der Waals surface area contributed by atoms with E-state index in [1.807, 2.05) is 54.4 Å². The monoisotopic (exact) mass is 412 g/mol. The molecular formula is C23H32N4O3. The molecule has 0 unspecified atom stereocenters. The van der Waals surface area contributed by atoms with Gasteiger partial charge in [-0.1, -0.05) is 25.1 Å². The fraction of sp³-hybridized carbons (Fsp3) is 0.391. The van der Waals surface area contributed by atoms with Gasteiger partial charge in [0.25, 0.3) is 0 Å². The van der Waals surface area contributed by atoms with Crippen LogP contribution in [0.15, 0.2) is 47.5 Å². The molecule has 0 heterocycles. The topological polar surface area (TPSA) is 75.2 Å². The fourth-order valence-corrected chi connectivity index (χ4v) is 3.06. The molecule has 0 spiro atoms. The highest BCUT2D eigenvalue weighted by molar-refractivity contribution is 5.95. The maximum Gasteiger partial charge on any atom is 0.243 e. The molecule has 1 amide bonds. The number of anilines is 1. The number of hydrogen-bond acceptors (Lipinski definition) is 4. The van der Waals surface area contributed by atoms with Crippen molar-refractivity contribution in [1.29, 1.82) is 0 Å². The predicted octanol–water partition coefficient (Wildman–Crippen LogP) is 2.95. The van der Waals surface area contributed by atoms with E-state index in [9.17, 15) is 4.79 Å². The molecule has 30 heavy (non-hydrogen) atoms. The van der Waals surface area contributed by atoms with Crippen LogP contribution in [0.3, 0.4) is 0 Å². The van der Waals surface area contributed by atoms with Crippen molar-refractivity contribution in [2.45, 2.75) is 19.8 Å². The lowest BCUT2D eigenvalue weighted by atomic mass is 10.1. The maximum absolute atomic E-state index is 12.3. The Labute approximate surface area is 179 Å². The molecule has 0 aliphatic carbocycles. The normalized spacial score (nSPS) is 11.0. The Hall–Kier alpha value is -3.22. The summed E-state index contributed by atoms with van der Waals surface area (Å²) in [6.07, 6.45) is 1.73. The van der Waals surface area contributed by atoms with E-state index in [2.05, 4.69) is 22.5 Å². The third-order valence-electron chi connectivity index (χ3n) is 4.78. The van der Waals surface area contributed by atoms with Gasteiger partial charge in [0.1, 0.15) is 0 Å². The van der Waals surface area contributed by atoms with Crippen LogP contribution in [0.4, 0.5) is 5.69 Å². The molecule has 162 valence electrons. The number of carbonyl (C=O) groups excluding carboxylic acids is 1. The summed E-state index contributed by atoms with van der Waals surface area (Å²) in [4.78, 5) is 18.6. The summed E-state index contributed by atoms with van der Waals surface area (Å²) >= 11 is 0. The van der Waals surface area contributed by atoms with E-state index in [0.717, 1.165) is 30.6 Å². The first-order valence-corrected chi connectivity index (χ1v) is 10.0. The standard InChI is InChI=1S/C23H32N4O3/c1-6-17-8-7-9-19(14-17)26-22(28)16-25-23(24-2)27(3)13-12-18-10-11-20(29-4)21(15-18)30-5/h7-11,14-15H,6,12-13,16H2,1-5H3,(H,24,25)(H,26,28). The van der Waals surface area contributed by atoms with E-state index >= 15 is 0 Å². The van der Waals surface area contributed by atoms with Crippen LogP contribution in [0.5, 0.6) is 11.5 Å². The first-order valence-electron chi connectivity index (χ1n) is 10.0. The second kappa shape index (κ2) is 11.7. The highest BCUT2D eigenvalue weighted by atomic mass is 16.5. The van der Waals surface area contributed by atoms with Gasteiger partial charge < -0.3 is 25.0 Å². The van der Waals surface area contributed by atoms with Gasteiger partial charge in [-0.05, 0) is 48.2 Å². The molecule has 2 aromatic rings. The SMILES string of the molecule is CCc1cccc(NC(=O)CNC(=NC)N(C)CCc2ccc(OC)c(OC)c2)c1. The lowest BCUT2D eigenvalue weighted by molar-refractivity contribution is -0.115. The Morgan fingerprint density at radius 2 is 1.83 bits per heavy atom. The van der Waals surface area contributed by atoms with Crippen LogP contribution in [-0.2, 0) is 17.6 Å². The van der Waals surface area contributed by atoms with Gasteiger partial charge in [0.2, 0.25) is 5.91 Å². The quantitative estimate of drug-likeness (QED) is 0.489. The van der Waals surface area contributed by atoms with Crippen LogP contribution in [0.2, 0.25) is 0 Å². The van der Waals surface area contributed by atoms with Gasteiger partial charge >= 0.3 is 0 Å². The number of benzene rings is 2. The van der Waals surface area contributed by atoms with Crippen LogP contribution >= 0.6 is 0 Å². The predicted molar refractivity (Wildman–Crippen MR) is 122 cm³/mol. The molecular weight excluding hydrogens is 380 g/mol. The largest absolute Gasteiger partial charge is 0.493 e. The van der Waals surface area contributed by atoms with Crippen LogP contribution in [0.1, 0.15) is 18.1 Å². The number of methoxy groups -OCH3 is 2. The van der Waals surface area contributed by atoms with Crippen molar-refractivity contribution >= 4 is 17.6 Å². The second-order valence-corrected chi connectivity index (χ2v) is 6.86. The van der Waals surface area contributed by atoms with Gasteiger partial charge in [-0.3, -0.25) is 9.79 Å². The molecule has 0 atom stereocenters. The van der Waals surface area contributed by atoms with Crippen LogP contribution < -0.4 is 20.1 Å². The maximum atomic E-state index is 12.3. The van der Waals surface area contributed by atoms with Gasteiger partial charge in [0, 0.05) is 26.3 Å². The van der Waals surface area contributed by atoms with E-state index in [4.69, 9.17) is 9.47 Å². The summed E-state index contributed by atoms with van der Waals surface area (Å²) in [7, 11) is 6.90. The molecule has 2 aromatic carbocycles. The van der Waals surface area contributed by atoms with E-state index < -0.39 is 0 Å². The minimum atomic E-state index is -0.113. The van der Waals surface area contributed by atoms with Crippen LogP contribution in [-0.4, -0.2) is 58.2 Å². The summed E-state index contributed by atoms with van der Waals surface area (Å²) in [5.41, 5.74) is 3.12. The molecule has 0 radical (unpaired) electrons. The average Bonchev–Trinajstić information content (AvgIpc) is 2.77. The first kappa shape index (κ1) is 23.1. The Morgan fingerprint density at radius 3 is 2.50 bits per heavy atom. The van der Waals surface area contributed by atoms with Crippen molar-refractivity contribution in [3.8, 4) is 11.5 Å². The smallest absolute Gasteiger partial charge is 0.243 e. The van der Waals surface area contributed by atoms with Gasteiger partial charge in [-0.25, -0.2) is 0 Å². The number of nitrogens with zero attached hydrogens (tertiary/aromatic N) is 2. The van der Waals surface area contributed by atoms with Crippen molar-refractivity contribution in [2.24, 2.45) is 4.99 Å². The number of hydrogen-bond donors (Lipinski definition) is 2. The summed E-state index contributed by atoms with van der Waals surface area (Å²) < 4.78 is 10.6. The number of likely N-dealkylation sites (N-methyl/N-ethyl adjacent to an activating group) is 1. The lowest BCUT2D eigenvalue weighted by Gasteiger charge is -2.22. The highest BCUT2D eigenvalue weighted by Crippen LogP contribution is 2.27. The lowest BCUT2D eigenvalue weighted by Crippen LogP contribution is -2.43. The van der Waals surface area contributed by atoms with Gasteiger partial charge in [0.05, 0.1) is 20.8 Å². The van der Waals surface area contributed by atoms with Crippen molar-refractivity contribution in [1.82, 2.24) is 10.2 Å². The molecule has 0 aliphatic rings. The molecule has 0 aliphatic heterocycles. The average molecular weight is 413 g/mol. The van der Waals surface area contributed by atoms with Gasteiger partial charge in [0.15, 0.2) is 17.5 Å². The number of carbonyl (C=O) groups is 1. The molecule has 0 fully saturated rings. The summed E-state index contributed by atoms with van der Waals surface area (Å²) in [6.45, 7) is 2.96. The molecule has 0 saturated carbocycles. The molecule has 0 saturated heterocycles. The van der Waals surface area contributed by atoms with Gasteiger partial charge in [-0.15, -0.1) is 0 Å². The molecule has 7 nitrogen and oxygen atoms in total. The van der Waals surface area contributed by atoms with E-state index in [1.54, 1.807) is 21.3 Å². The number of amides is 1. The zero-order valence-corrected chi connectivity index (χ0v) is 18.5. The number of nitrogens with one attached hydrogen (secondary N) is 2. The molecule has 0 bridgehead atoms. The number of guanidine groups is 1. The number of rotatable bonds is 9. The highest BCUT2D eigenvalue weighted by Gasteiger charge is 2.10. The first-order chi connectivity index (χ1) is 14.5. The zero-order valence-electron chi connectivity index (χ0n) is 18.5. The van der Waals surface area contributed by atoms with Crippen LogP contribution in [0.25, 0.3) is 0 Å². The summed E-state index contributed by atoms with van der Waals surface area (Å²) in [5.74, 6) is 1.97. The molecule has 7 heteroatoms. The number of ether oxygens (including phenoxy) is 2. The van der Waals surface area contributed by atoms with E-state index in [-0.39, 0.29) is 12.5 Å². The van der Waals surface area contributed by atoms with Crippen LogP contribution in [0, 0.1) is 0 Å². The number of aliphatic imine (C=N–C) groups is 1. The number of aryl methyl sites for hydroxylation is 1. The van der Waals surface area contributed by atoms with Gasteiger partial charge in [-0.2, -0.15) is 0 Å². The Morgan fingerprint density at radius 1 is 1.07 bits per heavy atom. The fourth-order valence-electron chi connectivity index (χ4n) is 3.06. The van der Waals surface area contributed by atoms with Crippen molar-refractivity contribution in [2.75, 3.05) is 46.7 Å². The molecule has 2 N–H and O–H groups in total. The van der Waals surface area contributed by atoms with Crippen molar-refractivity contribution in [3.05, 3.63) is 53.6 Å². The minimum Gasteiger partial charge on any atom is -0.493 e. The summed E-state index contributed by atoms with van der Waals surface area (Å²) in [6, 6.07) is 13.8.